The molecule has 1 heterocycles. The molecule has 106 valence electrons. The smallest absolute Gasteiger partial charge is 0.243 e. The lowest BCUT2D eigenvalue weighted by Gasteiger charge is -2.27. The van der Waals surface area contributed by atoms with E-state index in [0.717, 1.165) is 5.56 Å². The third kappa shape index (κ3) is 2.93. The van der Waals surface area contributed by atoms with Crippen LogP contribution in [-0.4, -0.2) is 39.0 Å². The van der Waals surface area contributed by atoms with Crippen molar-refractivity contribution < 1.29 is 13.2 Å². The van der Waals surface area contributed by atoms with E-state index in [-0.39, 0.29) is 11.4 Å². The van der Waals surface area contributed by atoms with Crippen molar-refractivity contribution in [3.8, 4) is 0 Å². The van der Waals surface area contributed by atoms with Gasteiger partial charge in [0, 0.05) is 24.7 Å². The molecule has 0 aliphatic carbocycles. The highest BCUT2D eigenvalue weighted by molar-refractivity contribution is 7.89. The van der Waals surface area contributed by atoms with Crippen LogP contribution in [0.25, 0.3) is 0 Å². The van der Waals surface area contributed by atoms with Crippen LogP contribution in [0.1, 0.15) is 11.1 Å². The van der Waals surface area contributed by atoms with Gasteiger partial charge >= 0.3 is 0 Å². The van der Waals surface area contributed by atoms with Crippen LogP contribution in [0.2, 0.25) is 5.02 Å². The SMILES string of the molecule is Cc1c(CN)cc(Cl)cc1S(=O)(=O)N1CCOCC1. The molecule has 1 saturated heterocycles. The first-order valence-electron chi connectivity index (χ1n) is 6.04. The molecule has 0 radical (unpaired) electrons. The Morgan fingerprint density at radius 3 is 2.58 bits per heavy atom. The number of hydrogen-bond acceptors (Lipinski definition) is 4. The average Bonchev–Trinajstić information content (AvgIpc) is 2.41. The molecular weight excluding hydrogens is 288 g/mol. The molecule has 0 aromatic heterocycles. The third-order valence-electron chi connectivity index (χ3n) is 3.24. The van der Waals surface area contributed by atoms with Gasteiger partial charge in [-0.15, -0.1) is 0 Å². The number of rotatable bonds is 3. The first-order chi connectivity index (χ1) is 8.96. The van der Waals surface area contributed by atoms with Gasteiger partial charge in [-0.25, -0.2) is 8.42 Å². The lowest BCUT2D eigenvalue weighted by Crippen LogP contribution is -2.40. The van der Waals surface area contributed by atoms with Crippen LogP contribution in [0.4, 0.5) is 0 Å². The lowest BCUT2D eigenvalue weighted by atomic mass is 10.1. The Morgan fingerprint density at radius 2 is 2.00 bits per heavy atom. The molecule has 19 heavy (non-hydrogen) atoms. The van der Waals surface area contributed by atoms with Crippen molar-refractivity contribution in [3.05, 3.63) is 28.3 Å². The Hall–Kier alpha value is -0.660. The number of halogens is 1. The predicted molar refractivity (Wildman–Crippen MR) is 73.7 cm³/mol. The molecule has 0 saturated carbocycles. The lowest BCUT2D eigenvalue weighted by molar-refractivity contribution is 0.0730. The first kappa shape index (κ1) is 14.7. The molecule has 5 nitrogen and oxygen atoms in total. The second kappa shape index (κ2) is 5.76. The minimum Gasteiger partial charge on any atom is -0.379 e. The third-order valence-corrected chi connectivity index (χ3v) is 5.48. The van der Waals surface area contributed by atoms with Gasteiger partial charge in [0.25, 0.3) is 0 Å². The summed E-state index contributed by atoms with van der Waals surface area (Å²) in [6.07, 6.45) is 0. The Bertz CT molecular complexity index is 569. The summed E-state index contributed by atoms with van der Waals surface area (Å²) in [5.74, 6) is 0. The maximum absolute atomic E-state index is 12.6. The summed E-state index contributed by atoms with van der Waals surface area (Å²) >= 11 is 5.98. The predicted octanol–water partition coefficient (Wildman–Crippen LogP) is 1.13. The van der Waals surface area contributed by atoms with E-state index in [2.05, 4.69) is 0 Å². The second-order valence-electron chi connectivity index (χ2n) is 4.41. The number of nitrogens with two attached hydrogens (primary N) is 1. The molecule has 2 rings (SSSR count). The van der Waals surface area contributed by atoms with Crippen LogP contribution in [0.5, 0.6) is 0 Å². The standard InChI is InChI=1S/C12H17ClN2O3S/c1-9-10(8-14)6-11(13)7-12(9)19(16,17)15-2-4-18-5-3-15/h6-7H,2-5,8,14H2,1H3. The topological polar surface area (TPSA) is 72.6 Å². The summed E-state index contributed by atoms with van der Waals surface area (Å²) in [5.41, 5.74) is 7.04. The Morgan fingerprint density at radius 1 is 1.37 bits per heavy atom. The van der Waals surface area contributed by atoms with Gasteiger partial charge in [-0.2, -0.15) is 4.31 Å². The highest BCUT2D eigenvalue weighted by Crippen LogP contribution is 2.27. The van der Waals surface area contributed by atoms with Gasteiger partial charge in [0.2, 0.25) is 10.0 Å². The van der Waals surface area contributed by atoms with Crippen LogP contribution in [0.15, 0.2) is 17.0 Å². The van der Waals surface area contributed by atoms with Gasteiger partial charge in [-0.3, -0.25) is 0 Å². The zero-order chi connectivity index (χ0) is 14.0. The number of ether oxygens (including phenoxy) is 1. The number of benzene rings is 1. The number of hydrogen-bond donors (Lipinski definition) is 1. The molecule has 0 amide bonds. The quantitative estimate of drug-likeness (QED) is 0.908. The average molecular weight is 305 g/mol. The van der Waals surface area contributed by atoms with Crippen LogP contribution < -0.4 is 5.73 Å². The molecule has 1 aliphatic heterocycles. The van der Waals surface area contributed by atoms with Gasteiger partial charge in [0.05, 0.1) is 18.1 Å². The van der Waals surface area contributed by atoms with Crippen molar-refractivity contribution in [2.75, 3.05) is 26.3 Å². The van der Waals surface area contributed by atoms with Crippen molar-refractivity contribution in [2.45, 2.75) is 18.4 Å². The fourth-order valence-corrected chi connectivity index (χ4v) is 4.12. The van der Waals surface area contributed by atoms with Gasteiger partial charge < -0.3 is 10.5 Å². The van der Waals surface area contributed by atoms with E-state index in [0.29, 0.717) is 36.9 Å². The summed E-state index contributed by atoms with van der Waals surface area (Å²) in [5, 5.41) is 0.387. The van der Waals surface area contributed by atoms with Gasteiger partial charge in [-0.1, -0.05) is 11.6 Å². The summed E-state index contributed by atoms with van der Waals surface area (Å²) in [4.78, 5) is 0.238. The van der Waals surface area contributed by atoms with Crippen LogP contribution in [0, 0.1) is 6.92 Å². The Balaban J connectivity index is 2.47. The summed E-state index contributed by atoms with van der Waals surface area (Å²) in [7, 11) is -3.53. The van der Waals surface area contributed by atoms with E-state index in [1.807, 2.05) is 0 Å². The molecule has 2 N–H and O–H groups in total. The largest absolute Gasteiger partial charge is 0.379 e. The second-order valence-corrected chi connectivity index (χ2v) is 6.75. The van der Waals surface area contributed by atoms with Crippen molar-refractivity contribution in [2.24, 2.45) is 5.73 Å². The summed E-state index contributed by atoms with van der Waals surface area (Å²) in [6.45, 7) is 3.59. The van der Waals surface area contributed by atoms with E-state index in [9.17, 15) is 8.42 Å². The zero-order valence-electron chi connectivity index (χ0n) is 10.7. The normalized spacial score (nSPS) is 17.6. The van der Waals surface area contributed by atoms with Gasteiger partial charge in [-0.05, 0) is 30.2 Å². The maximum Gasteiger partial charge on any atom is 0.243 e. The number of sulfonamides is 1. The Kier molecular flexibility index (Phi) is 4.47. The molecule has 1 fully saturated rings. The molecule has 1 aliphatic rings. The summed E-state index contributed by atoms with van der Waals surface area (Å²) in [6, 6.07) is 3.19. The van der Waals surface area contributed by atoms with E-state index in [4.69, 9.17) is 22.1 Å². The minimum atomic E-state index is -3.53. The first-order valence-corrected chi connectivity index (χ1v) is 7.85. The van der Waals surface area contributed by atoms with E-state index < -0.39 is 10.0 Å². The number of nitrogens with zero attached hydrogens (tertiary/aromatic N) is 1. The molecular formula is C12H17ClN2O3S. The van der Waals surface area contributed by atoms with Crippen molar-refractivity contribution in [1.82, 2.24) is 4.31 Å². The minimum absolute atomic E-state index is 0.238. The molecule has 1 aromatic carbocycles. The van der Waals surface area contributed by atoms with Crippen molar-refractivity contribution >= 4 is 21.6 Å². The van der Waals surface area contributed by atoms with E-state index >= 15 is 0 Å². The summed E-state index contributed by atoms with van der Waals surface area (Å²) < 4.78 is 31.8. The Labute approximate surface area is 118 Å². The molecule has 0 atom stereocenters. The molecule has 7 heteroatoms. The van der Waals surface area contributed by atoms with Gasteiger partial charge in [0.1, 0.15) is 0 Å². The van der Waals surface area contributed by atoms with E-state index in [1.54, 1.807) is 13.0 Å². The van der Waals surface area contributed by atoms with Crippen LogP contribution in [0.3, 0.4) is 0 Å². The molecule has 0 unspecified atom stereocenters. The highest BCUT2D eigenvalue weighted by atomic mass is 35.5. The zero-order valence-corrected chi connectivity index (χ0v) is 12.3. The molecule has 0 spiro atoms. The monoisotopic (exact) mass is 304 g/mol. The van der Waals surface area contributed by atoms with Crippen molar-refractivity contribution in [3.63, 3.8) is 0 Å². The van der Waals surface area contributed by atoms with Crippen molar-refractivity contribution in [1.29, 1.82) is 0 Å². The number of morpholine rings is 1. The maximum atomic E-state index is 12.6. The van der Waals surface area contributed by atoms with Crippen LogP contribution >= 0.6 is 11.6 Å². The molecule has 0 bridgehead atoms. The van der Waals surface area contributed by atoms with Crippen LogP contribution in [-0.2, 0) is 21.3 Å². The highest BCUT2D eigenvalue weighted by Gasteiger charge is 2.28. The van der Waals surface area contributed by atoms with E-state index in [1.165, 1.54) is 10.4 Å². The fourth-order valence-electron chi connectivity index (χ4n) is 2.11. The fraction of sp³-hybridized carbons (Fsp3) is 0.500. The molecule has 1 aromatic rings. The van der Waals surface area contributed by atoms with Gasteiger partial charge in [0.15, 0.2) is 0 Å².